The predicted octanol–water partition coefficient (Wildman–Crippen LogP) is 7.38. The summed E-state index contributed by atoms with van der Waals surface area (Å²) in [6.45, 7) is 3.35. The number of pyridine rings is 1. The summed E-state index contributed by atoms with van der Waals surface area (Å²) in [5.41, 5.74) is 0.0170. The largest absolute Gasteiger partial charge is 0.573 e. The van der Waals surface area contributed by atoms with Gasteiger partial charge in [-0.15, -0.1) is 13.2 Å². The van der Waals surface area contributed by atoms with Gasteiger partial charge in [-0.2, -0.15) is 18.4 Å². The highest BCUT2D eigenvalue weighted by atomic mass is 19.4. The van der Waals surface area contributed by atoms with E-state index in [1.807, 2.05) is 6.07 Å². The fourth-order valence-corrected chi connectivity index (χ4v) is 3.95. The number of aromatic hydroxyl groups is 1. The van der Waals surface area contributed by atoms with Crippen molar-refractivity contribution in [3.63, 3.8) is 0 Å². The number of nitrogens with zero attached hydrogens (tertiary/aromatic N) is 3. The van der Waals surface area contributed by atoms with Gasteiger partial charge in [0.1, 0.15) is 11.4 Å². The second kappa shape index (κ2) is 9.90. The van der Waals surface area contributed by atoms with Crippen LogP contribution in [0, 0.1) is 11.3 Å². The number of anilines is 1. The van der Waals surface area contributed by atoms with Gasteiger partial charge >= 0.3 is 12.5 Å². The molecule has 4 aromatic rings. The molecule has 0 saturated carbocycles. The van der Waals surface area contributed by atoms with E-state index in [2.05, 4.69) is 15.0 Å². The lowest BCUT2D eigenvalue weighted by atomic mass is 9.95. The van der Waals surface area contributed by atoms with Crippen molar-refractivity contribution in [2.75, 3.05) is 5.32 Å². The van der Waals surface area contributed by atoms with Crippen molar-refractivity contribution in [1.82, 2.24) is 9.55 Å². The minimum absolute atomic E-state index is 0.174. The molecule has 2 N–H and O–H groups in total. The summed E-state index contributed by atoms with van der Waals surface area (Å²) in [6.07, 6.45) is -8.39. The van der Waals surface area contributed by atoms with E-state index < -0.39 is 29.5 Å². The van der Waals surface area contributed by atoms with Gasteiger partial charge in [0, 0.05) is 17.4 Å². The van der Waals surface area contributed by atoms with Crippen LogP contribution in [0.25, 0.3) is 16.9 Å². The third-order valence-corrected chi connectivity index (χ3v) is 5.81. The Morgan fingerprint density at radius 2 is 1.64 bits per heavy atom. The zero-order valence-corrected chi connectivity index (χ0v) is 20.4. The SMILES string of the molecule is CC(C)(Nc1cc(-c2cccc(C#N)c2)n(-c2ccc(OC(F)(F)F)cc2)c1O)c1ccc(C(F)(F)F)nc1. The topological polar surface area (TPSA) is 83.1 Å². The van der Waals surface area contributed by atoms with E-state index in [4.69, 9.17) is 0 Å². The Kier molecular flexibility index (Phi) is 6.95. The van der Waals surface area contributed by atoms with Crippen molar-refractivity contribution in [1.29, 1.82) is 5.26 Å². The molecule has 0 bridgehead atoms. The third-order valence-electron chi connectivity index (χ3n) is 5.81. The van der Waals surface area contributed by atoms with E-state index >= 15 is 0 Å². The highest BCUT2D eigenvalue weighted by Crippen LogP contribution is 2.41. The molecule has 0 spiro atoms. The molecule has 12 heteroatoms. The summed E-state index contributed by atoms with van der Waals surface area (Å²) in [4.78, 5) is 3.50. The van der Waals surface area contributed by atoms with Crippen molar-refractivity contribution < 1.29 is 36.2 Å². The van der Waals surface area contributed by atoms with Crippen LogP contribution in [0.5, 0.6) is 11.6 Å². The van der Waals surface area contributed by atoms with Gasteiger partial charge in [-0.3, -0.25) is 9.55 Å². The van der Waals surface area contributed by atoms with Gasteiger partial charge in [-0.05, 0) is 67.9 Å². The first-order valence-corrected chi connectivity index (χ1v) is 11.3. The predicted molar refractivity (Wildman–Crippen MR) is 130 cm³/mol. The smallest absolute Gasteiger partial charge is 0.493 e. The number of benzene rings is 2. The first-order chi connectivity index (χ1) is 18.2. The Morgan fingerprint density at radius 1 is 0.949 bits per heavy atom. The summed E-state index contributed by atoms with van der Waals surface area (Å²) < 4.78 is 81.9. The average Bonchev–Trinajstić information content (AvgIpc) is 3.18. The maximum Gasteiger partial charge on any atom is 0.573 e. The molecule has 0 radical (unpaired) electrons. The molecule has 0 aliphatic carbocycles. The molecule has 2 heterocycles. The lowest BCUT2D eigenvalue weighted by Crippen LogP contribution is -2.28. The van der Waals surface area contributed by atoms with E-state index in [9.17, 15) is 36.7 Å². The molecule has 0 saturated heterocycles. The quantitative estimate of drug-likeness (QED) is 0.247. The molecule has 4 rings (SSSR count). The minimum atomic E-state index is -4.88. The van der Waals surface area contributed by atoms with E-state index in [0.29, 0.717) is 22.4 Å². The first-order valence-electron chi connectivity index (χ1n) is 11.3. The van der Waals surface area contributed by atoms with E-state index in [1.54, 1.807) is 44.2 Å². The zero-order valence-electron chi connectivity index (χ0n) is 20.4. The number of aromatic nitrogens is 2. The Morgan fingerprint density at radius 3 is 2.21 bits per heavy atom. The molecule has 0 aliphatic heterocycles. The Hall–Kier alpha value is -4.66. The van der Waals surface area contributed by atoms with Gasteiger partial charge in [0.2, 0.25) is 5.88 Å². The lowest BCUT2D eigenvalue weighted by molar-refractivity contribution is -0.274. The van der Waals surface area contributed by atoms with Gasteiger partial charge in [0.15, 0.2) is 0 Å². The maximum atomic E-state index is 12.9. The number of alkyl halides is 6. The number of nitrogens with one attached hydrogen (secondary N) is 1. The van der Waals surface area contributed by atoms with E-state index in [-0.39, 0.29) is 17.3 Å². The average molecular weight is 546 g/mol. The summed E-state index contributed by atoms with van der Waals surface area (Å²) in [6, 6.07) is 17.0. The molecular formula is C27H20F6N4O2. The molecule has 0 amide bonds. The normalized spacial score (nSPS) is 12.2. The minimum Gasteiger partial charge on any atom is -0.493 e. The van der Waals surface area contributed by atoms with Gasteiger partial charge in [0.25, 0.3) is 0 Å². The van der Waals surface area contributed by atoms with Crippen LogP contribution < -0.4 is 10.1 Å². The number of halogens is 6. The third kappa shape index (κ3) is 6.09. The molecular weight excluding hydrogens is 526 g/mol. The Bertz CT molecular complexity index is 1520. The molecule has 0 atom stereocenters. The van der Waals surface area contributed by atoms with Crippen LogP contribution in [0.1, 0.15) is 30.7 Å². The summed E-state index contributed by atoms with van der Waals surface area (Å²) in [7, 11) is 0. The highest BCUT2D eigenvalue weighted by Gasteiger charge is 2.34. The van der Waals surface area contributed by atoms with Crippen LogP contribution in [0.15, 0.2) is 72.9 Å². The monoisotopic (exact) mass is 546 g/mol. The molecule has 0 fully saturated rings. The molecule has 0 aliphatic rings. The van der Waals surface area contributed by atoms with Crippen LogP contribution in [-0.2, 0) is 11.7 Å². The van der Waals surface area contributed by atoms with Crippen LogP contribution in [0.3, 0.4) is 0 Å². The fourth-order valence-electron chi connectivity index (χ4n) is 3.95. The first kappa shape index (κ1) is 27.4. The van der Waals surface area contributed by atoms with Crippen LogP contribution in [0.4, 0.5) is 32.0 Å². The standard InChI is InChI=1S/C27H20F6N4O2/c1-25(2,18-6-11-23(35-15-18)26(28,29)30)36-21-13-22(17-5-3-4-16(12-17)14-34)37(24(21)38)19-7-9-20(10-8-19)39-27(31,32)33/h3-13,15,36,38H,1-2H3. The van der Waals surface area contributed by atoms with E-state index in [0.717, 1.165) is 24.4 Å². The van der Waals surface area contributed by atoms with Crippen LogP contribution in [-0.4, -0.2) is 21.0 Å². The fraction of sp³-hybridized carbons (Fsp3) is 0.185. The second-order valence-electron chi connectivity index (χ2n) is 9.02. The summed E-state index contributed by atoms with van der Waals surface area (Å²) in [5.74, 6) is -0.787. The summed E-state index contributed by atoms with van der Waals surface area (Å²) in [5, 5.41) is 23.7. The molecule has 202 valence electrons. The molecule has 0 unspecified atom stereocenters. The Labute approximate surface area is 218 Å². The van der Waals surface area contributed by atoms with Gasteiger partial charge in [0.05, 0.1) is 28.6 Å². The number of hydrogen-bond donors (Lipinski definition) is 2. The molecule has 2 aromatic carbocycles. The highest BCUT2D eigenvalue weighted by molar-refractivity contribution is 5.75. The second-order valence-corrected chi connectivity index (χ2v) is 9.02. The van der Waals surface area contributed by atoms with Gasteiger partial charge in [-0.25, -0.2) is 0 Å². The van der Waals surface area contributed by atoms with Crippen LogP contribution in [0.2, 0.25) is 0 Å². The number of rotatable bonds is 6. The van der Waals surface area contributed by atoms with E-state index in [1.165, 1.54) is 22.8 Å². The van der Waals surface area contributed by atoms with Crippen molar-refractivity contribution >= 4 is 5.69 Å². The maximum absolute atomic E-state index is 12.9. The van der Waals surface area contributed by atoms with Crippen molar-refractivity contribution in [3.8, 4) is 34.6 Å². The van der Waals surface area contributed by atoms with Crippen LogP contribution >= 0.6 is 0 Å². The number of ether oxygens (including phenoxy) is 1. The van der Waals surface area contributed by atoms with Gasteiger partial charge < -0.3 is 15.2 Å². The van der Waals surface area contributed by atoms with Crippen molar-refractivity contribution in [2.24, 2.45) is 0 Å². The van der Waals surface area contributed by atoms with Crippen molar-refractivity contribution in [3.05, 3.63) is 89.7 Å². The molecule has 6 nitrogen and oxygen atoms in total. The lowest BCUT2D eigenvalue weighted by Gasteiger charge is -2.27. The molecule has 2 aromatic heterocycles. The zero-order chi connectivity index (χ0) is 28.6. The molecule has 39 heavy (non-hydrogen) atoms. The van der Waals surface area contributed by atoms with Gasteiger partial charge in [-0.1, -0.05) is 18.2 Å². The number of nitriles is 1. The number of hydrogen-bond acceptors (Lipinski definition) is 5. The van der Waals surface area contributed by atoms with Crippen molar-refractivity contribution in [2.45, 2.75) is 31.9 Å². The summed E-state index contributed by atoms with van der Waals surface area (Å²) >= 11 is 0. The Balaban J connectivity index is 1.77.